The largest absolute Gasteiger partial charge is 0.379 e. The van der Waals surface area contributed by atoms with Gasteiger partial charge in [0.05, 0.1) is 18.7 Å². The fraction of sp³-hybridized carbons (Fsp3) is 0.464. The van der Waals surface area contributed by atoms with Gasteiger partial charge in [-0.1, -0.05) is 66.5 Å². The van der Waals surface area contributed by atoms with Crippen LogP contribution in [0.3, 0.4) is 0 Å². The summed E-state index contributed by atoms with van der Waals surface area (Å²) in [6, 6.07) is 17.6. The highest BCUT2D eigenvalue weighted by molar-refractivity contribution is 6.30. The Morgan fingerprint density at radius 3 is 2.24 bits per heavy atom. The smallest absolute Gasteiger partial charge is 0.226 e. The van der Waals surface area contributed by atoms with E-state index in [1.54, 1.807) is 0 Å². The Hall–Kier alpha value is -1.81. The van der Waals surface area contributed by atoms with Crippen molar-refractivity contribution in [3.05, 3.63) is 82.9 Å². The number of hydrogen-bond donors (Lipinski definition) is 0. The van der Waals surface area contributed by atoms with Crippen LogP contribution in [0.5, 0.6) is 0 Å². The zero-order chi connectivity index (χ0) is 23.6. The molecule has 2 fully saturated rings. The predicted octanol–water partition coefficient (Wildman–Crippen LogP) is 7.74. The third-order valence-corrected chi connectivity index (χ3v) is 6.90. The van der Waals surface area contributed by atoms with Crippen LogP contribution in [0.2, 0.25) is 10.0 Å². The summed E-state index contributed by atoms with van der Waals surface area (Å²) in [7, 11) is 0. The first-order valence-electron chi connectivity index (χ1n) is 12.0. The SMILES string of the molecule is C=CCC1CC[C@@H](c2ccc(Cl)cc2)N(C(CC)COCC2CC2)C1=O.Clc1ccccc1. The van der Waals surface area contributed by atoms with Crippen LogP contribution in [0.25, 0.3) is 0 Å². The van der Waals surface area contributed by atoms with E-state index < -0.39 is 0 Å². The number of carbonyl (C=O) groups is 1. The third kappa shape index (κ3) is 7.88. The van der Waals surface area contributed by atoms with Crippen molar-refractivity contribution in [1.82, 2.24) is 4.90 Å². The fourth-order valence-corrected chi connectivity index (χ4v) is 4.59. The second-order valence-corrected chi connectivity index (χ2v) is 9.82. The molecule has 1 amide bonds. The number of nitrogens with zero attached hydrogens (tertiary/aromatic N) is 1. The molecule has 1 saturated heterocycles. The van der Waals surface area contributed by atoms with Gasteiger partial charge in [-0.05, 0) is 74.3 Å². The van der Waals surface area contributed by atoms with Gasteiger partial charge in [0.2, 0.25) is 5.91 Å². The molecule has 2 aromatic rings. The van der Waals surface area contributed by atoms with Crippen molar-refractivity contribution < 1.29 is 9.53 Å². The van der Waals surface area contributed by atoms with E-state index in [1.165, 1.54) is 18.4 Å². The van der Waals surface area contributed by atoms with Crippen molar-refractivity contribution in [2.45, 2.75) is 57.5 Å². The van der Waals surface area contributed by atoms with Crippen LogP contribution in [-0.4, -0.2) is 30.1 Å². The van der Waals surface area contributed by atoms with E-state index in [-0.39, 0.29) is 23.9 Å². The summed E-state index contributed by atoms with van der Waals surface area (Å²) in [6.07, 6.45) is 7.98. The van der Waals surface area contributed by atoms with Gasteiger partial charge in [0.1, 0.15) is 0 Å². The molecule has 0 spiro atoms. The minimum atomic E-state index is 0.0496. The van der Waals surface area contributed by atoms with E-state index in [0.717, 1.165) is 48.3 Å². The summed E-state index contributed by atoms with van der Waals surface area (Å²) in [5.74, 6) is 1.04. The fourth-order valence-electron chi connectivity index (χ4n) is 4.32. The molecule has 178 valence electrons. The quantitative estimate of drug-likeness (QED) is 0.338. The van der Waals surface area contributed by atoms with Crippen molar-refractivity contribution in [3.63, 3.8) is 0 Å². The third-order valence-electron chi connectivity index (χ3n) is 6.39. The van der Waals surface area contributed by atoms with E-state index in [9.17, 15) is 4.79 Å². The monoisotopic (exact) mass is 487 g/mol. The molecule has 33 heavy (non-hydrogen) atoms. The molecule has 3 nitrogen and oxygen atoms in total. The zero-order valence-electron chi connectivity index (χ0n) is 19.5. The maximum Gasteiger partial charge on any atom is 0.226 e. The van der Waals surface area contributed by atoms with Crippen molar-refractivity contribution >= 4 is 29.1 Å². The van der Waals surface area contributed by atoms with Crippen LogP contribution in [0.4, 0.5) is 0 Å². The van der Waals surface area contributed by atoms with Crippen molar-refractivity contribution in [2.75, 3.05) is 13.2 Å². The molecule has 2 unspecified atom stereocenters. The highest BCUT2D eigenvalue weighted by atomic mass is 35.5. The molecule has 5 heteroatoms. The van der Waals surface area contributed by atoms with Crippen LogP contribution in [0.15, 0.2) is 67.3 Å². The second-order valence-electron chi connectivity index (χ2n) is 8.95. The number of amides is 1. The predicted molar refractivity (Wildman–Crippen MR) is 138 cm³/mol. The molecule has 4 rings (SSSR count). The normalized spacial score (nSPS) is 21.2. The van der Waals surface area contributed by atoms with Crippen molar-refractivity contribution in [3.8, 4) is 0 Å². The van der Waals surface area contributed by atoms with Crippen LogP contribution in [-0.2, 0) is 9.53 Å². The lowest BCUT2D eigenvalue weighted by Gasteiger charge is -2.44. The van der Waals surface area contributed by atoms with E-state index >= 15 is 0 Å². The highest BCUT2D eigenvalue weighted by Crippen LogP contribution is 2.38. The van der Waals surface area contributed by atoms with Crippen LogP contribution in [0.1, 0.15) is 57.1 Å². The Morgan fingerprint density at radius 1 is 1.03 bits per heavy atom. The Kier molecular flexibility index (Phi) is 10.3. The molecule has 1 saturated carbocycles. The molecule has 2 aliphatic rings. The van der Waals surface area contributed by atoms with E-state index in [1.807, 2.05) is 48.5 Å². The Labute approximate surface area is 208 Å². The van der Waals surface area contributed by atoms with Gasteiger partial charge in [-0.25, -0.2) is 0 Å². The first kappa shape index (κ1) is 25.8. The summed E-state index contributed by atoms with van der Waals surface area (Å²) in [5.41, 5.74) is 1.17. The summed E-state index contributed by atoms with van der Waals surface area (Å²) in [5, 5.41) is 1.52. The van der Waals surface area contributed by atoms with Gasteiger partial charge >= 0.3 is 0 Å². The lowest BCUT2D eigenvalue weighted by Crippen LogP contribution is -2.50. The highest BCUT2D eigenvalue weighted by Gasteiger charge is 2.39. The number of ether oxygens (including phenoxy) is 1. The van der Waals surface area contributed by atoms with Gasteiger partial charge in [-0.2, -0.15) is 0 Å². The molecular weight excluding hydrogens is 453 g/mol. The first-order valence-corrected chi connectivity index (χ1v) is 12.8. The van der Waals surface area contributed by atoms with E-state index in [0.29, 0.717) is 6.61 Å². The molecule has 1 aliphatic carbocycles. The molecule has 0 aromatic heterocycles. The topological polar surface area (TPSA) is 29.5 Å². The van der Waals surface area contributed by atoms with Gasteiger partial charge in [0, 0.05) is 22.6 Å². The van der Waals surface area contributed by atoms with Gasteiger partial charge in [0.15, 0.2) is 0 Å². The minimum Gasteiger partial charge on any atom is -0.379 e. The van der Waals surface area contributed by atoms with Gasteiger partial charge in [-0.3, -0.25) is 4.79 Å². The van der Waals surface area contributed by atoms with E-state index in [4.69, 9.17) is 27.9 Å². The molecule has 0 bridgehead atoms. The van der Waals surface area contributed by atoms with Gasteiger partial charge in [0.25, 0.3) is 0 Å². The number of likely N-dealkylation sites (tertiary alicyclic amines) is 1. The molecule has 2 aromatic carbocycles. The zero-order valence-corrected chi connectivity index (χ0v) is 21.0. The molecule has 1 aliphatic heterocycles. The van der Waals surface area contributed by atoms with Crippen LogP contribution >= 0.6 is 23.2 Å². The maximum absolute atomic E-state index is 13.3. The summed E-state index contributed by atoms with van der Waals surface area (Å²) in [4.78, 5) is 15.4. The number of hydrogen-bond acceptors (Lipinski definition) is 2. The number of piperidine rings is 1. The molecule has 0 N–H and O–H groups in total. The number of carbonyl (C=O) groups excluding carboxylic acids is 1. The van der Waals surface area contributed by atoms with E-state index in [2.05, 4.69) is 30.5 Å². The Balaban J connectivity index is 0.000000374. The average Bonchev–Trinajstić information content (AvgIpc) is 3.65. The van der Waals surface area contributed by atoms with Crippen molar-refractivity contribution in [2.24, 2.45) is 11.8 Å². The average molecular weight is 488 g/mol. The second kappa shape index (κ2) is 13.2. The van der Waals surface area contributed by atoms with Gasteiger partial charge < -0.3 is 9.64 Å². The van der Waals surface area contributed by atoms with Gasteiger partial charge in [-0.15, -0.1) is 6.58 Å². The summed E-state index contributed by atoms with van der Waals surface area (Å²) >= 11 is 11.6. The lowest BCUT2D eigenvalue weighted by atomic mass is 9.85. The number of rotatable bonds is 9. The molecule has 0 radical (unpaired) electrons. The first-order chi connectivity index (χ1) is 16.0. The molecule has 1 heterocycles. The summed E-state index contributed by atoms with van der Waals surface area (Å²) < 4.78 is 5.98. The van der Waals surface area contributed by atoms with Crippen molar-refractivity contribution in [1.29, 1.82) is 0 Å². The standard InChI is InChI=1S/C22H30ClNO2.C6H5Cl/c1-3-5-18-10-13-21(17-8-11-19(23)12-9-17)24(22(18)25)20(4-2)15-26-14-16-6-7-16;7-6-4-2-1-3-5-6/h3,8-9,11-12,16,18,20-21H,1,4-7,10,13-15H2,2H3;1-5H/t18?,20?,21-;/m0./s1. The number of benzene rings is 2. The minimum absolute atomic E-state index is 0.0496. The molecular formula is C28H35Cl2NO2. The van der Waals surface area contributed by atoms with Crippen LogP contribution < -0.4 is 0 Å². The summed E-state index contributed by atoms with van der Waals surface area (Å²) in [6.45, 7) is 7.44. The Morgan fingerprint density at radius 2 is 1.70 bits per heavy atom. The molecule has 3 atom stereocenters. The number of halogens is 2. The Bertz CT molecular complexity index is 867. The lowest BCUT2D eigenvalue weighted by molar-refractivity contribution is -0.147. The van der Waals surface area contributed by atoms with Crippen LogP contribution in [0, 0.1) is 11.8 Å². The maximum atomic E-state index is 13.3. The number of allylic oxidation sites excluding steroid dienone is 1.